The molecule has 1 atom stereocenters. The van der Waals surface area contributed by atoms with E-state index in [2.05, 4.69) is 10.4 Å². The summed E-state index contributed by atoms with van der Waals surface area (Å²) in [4.78, 5) is 21.6. The molecule has 1 aromatic heterocycles. The zero-order valence-electron chi connectivity index (χ0n) is 9.97. The standard InChI is InChI=1S/C11H15N3O3/c1-7(9-6-12-14(3)8(9)2)13-10(15)4-5-11(16)17/h4-7H,1-3H3,(H,13,15)(H,16,17)/b5-4+. The van der Waals surface area contributed by atoms with E-state index in [1.54, 1.807) is 10.9 Å². The van der Waals surface area contributed by atoms with Gasteiger partial charge in [0.2, 0.25) is 5.91 Å². The number of aryl methyl sites for hydroxylation is 1. The van der Waals surface area contributed by atoms with Gasteiger partial charge in [0.05, 0.1) is 12.2 Å². The summed E-state index contributed by atoms with van der Waals surface area (Å²) in [5.74, 6) is -1.59. The third-order valence-electron chi connectivity index (χ3n) is 2.48. The van der Waals surface area contributed by atoms with Crippen molar-refractivity contribution < 1.29 is 14.7 Å². The molecule has 0 aliphatic rings. The van der Waals surface area contributed by atoms with Crippen LogP contribution in [-0.2, 0) is 16.6 Å². The molecule has 1 amide bonds. The Morgan fingerprint density at radius 2 is 2.18 bits per heavy atom. The fourth-order valence-corrected chi connectivity index (χ4v) is 1.43. The van der Waals surface area contributed by atoms with Gasteiger partial charge >= 0.3 is 5.97 Å². The van der Waals surface area contributed by atoms with Crippen molar-refractivity contribution in [1.29, 1.82) is 0 Å². The third kappa shape index (κ3) is 3.44. The SMILES string of the molecule is Cc1c(C(C)NC(=O)/C=C/C(=O)O)cnn1C. The minimum Gasteiger partial charge on any atom is -0.478 e. The minimum absolute atomic E-state index is 0.213. The normalized spacial score (nSPS) is 12.6. The van der Waals surface area contributed by atoms with Crippen molar-refractivity contribution in [3.63, 3.8) is 0 Å². The number of aliphatic carboxylic acids is 1. The van der Waals surface area contributed by atoms with Gasteiger partial charge in [-0.1, -0.05) is 0 Å². The van der Waals surface area contributed by atoms with E-state index in [0.29, 0.717) is 0 Å². The molecule has 0 aliphatic carbocycles. The van der Waals surface area contributed by atoms with E-state index in [1.165, 1.54) is 0 Å². The summed E-state index contributed by atoms with van der Waals surface area (Å²) in [5.41, 5.74) is 1.87. The Labute approximate surface area is 98.9 Å². The molecule has 0 saturated carbocycles. The van der Waals surface area contributed by atoms with E-state index in [4.69, 9.17) is 5.11 Å². The number of nitrogens with zero attached hydrogens (tertiary/aromatic N) is 2. The molecule has 1 unspecified atom stereocenters. The molecule has 6 heteroatoms. The molecular weight excluding hydrogens is 222 g/mol. The Morgan fingerprint density at radius 1 is 1.53 bits per heavy atom. The summed E-state index contributed by atoms with van der Waals surface area (Å²) in [6.45, 7) is 3.72. The first-order valence-corrected chi connectivity index (χ1v) is 5.11. The van der Waals surface area contributed by atoms with Gasteiger partial charge < -0.3 is 10.4 Å². The third-order valence-corrected chi connectivity index (χ3v) is 2.48. The lowest BCUT2D eigenvalue weighted by Crippen LogP contribution is -2.25. The van der Waals surface area contributed by atoms with Crippen molar-refractivity contribution in [2.75, 3.05) is 0 Å². The zero-order chi connectivity index (χ0) is 13.0. The van der Waals surface area contributed by atoms with Gasteiger partial charge in [-0.15, -0.1) is 0 Å². The Balaban J connectivity index is 2.67. The molecule has 1 rings (SSSR count). The molecule has 0 spiro atoms. The summed E-state index contributed by atoms with van der Waals surface area (Å²) >= 11 is 0. The Morgan fingerprint density at radius 3 is 2.65 bits per heavy atom. The van der Waals surface area contributed by atoms with Crippen LogP contribution in [0.4, 0.5) is 0 Å². The van der Waals surface area contributed by atoms with Gasteiger partial charge in [-0.3, -0.25) is 9.48 Å². The van der Waals surface area contributed by atoms with Crippen molar-refractivity contribution in [2.45, 2.75) is 19.9 Å². The van der Waals surface area contributed by atoms with Crippen LogP contribution in [0, 0.1) is 6.92 Å². The van der Waals surface area contributed by atoms with Crippen LogP contribution in [0.15, 0.2) is 18.3 Å². The van der Waals surface area contributed by atoms with Crippen molar-refractivity contribution in [2.24, 2.45) is 7.05 Å². The molecule has 0 saturated heterocycles. The van der Waals surface area contributed by atoms with Crippen LogP contribution >= 0.6 is 0 Å². The topological polar surface area (TPSA) is 84.2 Å². The molecule has 6 nitrogen and oxygen atoms in total. The maximum Gasteiger partial charge on any atom is 0.328 e. The number of hydrogen-bond donors (Lipinski definition) is 2. The van der Waals surface area contributed by atoms with E-state index < -0.39 is 11.9 Å². The lowest BCUT2D eigenvalue weighted by Gasteiger charge is -2.11. The maximum absolute atomic E-state index is 11.4. The van der Waals surface area contributed by atoms with Gasteiger partial charge in [0.15, 0.2) is 0 Å². The Kier molecular flexibility index (Phi) is 4.03. The molecule has 0 fully saturated rings. The fourth-order valence-electron chi connectivity index (χ4n) is 1.43. The molecule has 0 aliphatic heterocycles. The van der Waals surface area contributed by atoms with Gasteiger partial charge in [0.1, 0.15) is 0 Å². The van der Waals surface area contributed by atoms with Gasteiger partial charge in [-0.25, -0.2) is 4.79 Å². The summed E-state index contributed by atoms with van der Waals surface area (Å²) in [6.07, 6.45) is 3.48. The number of carbonyl (C=O) groups is 2. The molecule has 92 valence electrons. The van der Waals surface area contributed by atoms with Crippen LogP contribution in [0.1, 0.15) is 24.2 Å². The number of carboxylic acids is 1. The Hall–Kier alpha value is -2.11. The van der Waals surface area contributed by atoms with Crippen molar-refractivity contribution in [1.82, 2.24) is 15.1 Å². The second-order valence-corrected chi connectivity index (χ2v) is 3.71. The van der Waals surface area contributed by atoms with E-state index in [9.17, 15) is 9.59 Å². The molecule has 2 N–H and O–H groups in total. The Bertz CT molecular complexity index is 463. The average molecular weight is 237 g/mol. The van der Waals surface area contributed by atoms with Crippen LogP contribution in [0.3, 0.4) is 0 Å². The lowest BCUT2D eigenvalue weighted by molar-refractivity contribution is -0.131. The smallest absolute Gasteiger partial charge is 0.328 e. The van der Waals surface area contributed by atoms with Gasteiger partial charge in [-0.2, -0.15) is 5.10 Å². The number of amides is 1. The summed E-state index contributed by atoms with van der Waals surface area (Å²) in [6, 6.07) is -0.213. The first kappa shape index (κ1) is 13.0. The first-order valence-electron chi connectivity index (χ1n) is 5.11. The van der Waals surface area contributed by atoms with E-state index in [-0.39, 0.29) is 6.04 Å². The quantitative estimate of drug-likeness (QED) is 0.749. The first-order chi connectivity index (χ1) is 7.91. The zero-order valence-corrected chi connectivity index (χ0v) is 9.97. The van der Waals surface area contributed by atoms with Gasteiger partial charge in [0.25, 0.3) is 0 Å². The van der Waals surface area contributed by atoms with E-state index >= 15 is 0 Å². The molecule has 0 aromatic carbocycles. The molecule has 17 heavy (non-hydrogen) atoms. The van der Waals surface area contributed by atoms with Crippen LogP contribution in [0.5, 0.6) is 0 Å². The lowest BCUT2D eigenvalue weighted by atomic mass is 10.1. The maximum atomic E-state index is 11.4. The van der Waals surface area contributed by atoms with Crippen LogP contribution in [-0.4, -0.2) is 26.8 Å². The second kappa shape index (κ2) is 5.29. The van der Waals surface area contributed by atoms with Crippen molar-refractivity contribution in [3.05, 3.63) is 29.6 Å². The van der Waals surface area contributed by atoms with Gasteiger partial charge in [0, 0.05) is 30.5 Å². The fraction of sp³-hybridized carbons (Fsp3) is 0.364. The van der Waals surface area contributed by atoms with E-state index in [1.807, 2.05) is 20.9 Å². The summed E-state index contributed by atoms with van der Waals surface area (Å²) in [7, 11) is 1.82. The number of rotatable bonds is 4. The average Bonchev–Trinajstić information content (AvgIpc) is 2.57. The number of aromatic nitrogens is 2. The summed E-state index contributed by atoms with van der Waals surface area (Å²) in [5, 5.41) is 15.1. The number of hydrogen-bond acceptors (Lipinski definition) is 3. The molecular formula is C11H15N3O3. The number of carboxylic acid groups (broad SMARTS) is 1. The highest BCUT2D eigenvalue weighted by molar-refractivity contribution is 5.94. The monoisotopic (exact) mass is 237 g/mol. The van der Waals surface area contributed by atoms with Gasteiger partial charge in [-0.05, 0) is 13.8 Å². The largest absolute Gasteiger partial charge is 0.478 e. The highest BCUT2D eigenvalue weighted by atomic mass is 16.4. The van der Waals surface area contributed by atoms with Crippen molar-refractivity contribution >= 4 is 11.9 Å². The molecule has 1 heterocycles. The highest BCUT2D eigenvalue weighted by Gasteiger charge is 2.13. The second-order valence-electron chi connectivity index (χ2n) is 3.71. The highest BCUT2D eigenvalue weighted by Crippen LogP contribution is 2.15. The molecule has 0 radical (unpaired) electrons. The predicted molar refractivity (Wildman–Crippen MR) is 61.3 cm³/mol. The van der Waals surface area contributed by atoms with Crippen LogP contribution < -0.4 is 5.32 Å². The molecule has 0 bridgehead atoms. The number of nitrogens with one attached hydrogen (secondary N) is 1. The van der Waals surface area contributed by atoms with Crippen LogP contribution in [0.2, 0.25) is 0 Å². The van der Waals surface area contributed by atoms with E-state index in [0.717, 1.165) is 23.4 Å². The minimum atomic E-state index is -1.15. The molecule has 1 aromatic rings. The van der Waals surface area contributed by atoms with Crippen LogP contribution in [0.25, 0.3) is 0 Å². The predicted octanol–water partition coefficient (Wildman–Crippen LogP) is 0.547. The summed E-state index contributed by atoms with van der Waals surface area (Å²) < 4.78 is 1.71. The number of carbonyl (C=O) groups excluding carboxylic acids is 1. The van der Waals surface area contributed by atoms with Crippen molar-refractivity contribution in [3.8, 4) is 0 Å².